The van der Waals surface area contributed by atoms with E-state index in [0.717, 1.165) is 5.56 Å². The lowest BCUT2D eigenvalue weighted by atomic mass is 10.2. The van der Waals surface area contributed by atoms with Crippen molar-refractivity contribution in [2.45, 2.75) is 19.1 Å². The SMILES string of the molecule is N#CCc1ccc(OCC(O)Cn2cnc3c(Cl)cc(Cl)cc3c2=O)cc1. The van der Waals surface area contributed by atoms with Gasteiger partial charge in [-0.1, -0.05) is 35.3 Å². The molecule has 6 nitrogen and oxygen atoms in total. The molecular weight excluding hydrogens is 389 g/mol. The highest BCUT2D eigenvalue weighted by Gasteiger charge is 2.12. The maximum Gasteiger partial charge on any atom is 0.261 e. The molecule has 1 heterocycles. The van der Waals surface area contributed by atoms with Gasteiger partial charge >= 0.3 is 0 Å². The second-order valence-electron chi connectivity index (χ2n) is 5.93. The molecule has 0 spiro atoms. The Bertz CT molecular complexity index is 1060. The number of halogens is 2. The maximum absolute atomic E-state index is 12.6. The van der Waals surface area contributed by atoms with Gasteiger partial charge in [-0.15, -0.1) is 0 Å². The first-order chi connectivity index (χ1) is 13.0. The van der Waals surface area contributed by atoms with Crippen molar-refractivity contribution in [2.24, 2.45) is 0 Å². The van der Waals surface area contributed by atoms with E-state index < -0.39 is 6.10 Å². The fraction of sp³-hybridized carbons (Fsp3) is 0.211. The van der Waals surface area contributed by atoms with Gasteiger partial charge < -0.3 is 9.84 Å². The molecule has 8 heteroatoms. The van der Waals surface area contributed by atoms with Crippen molar-refractivity contribution in [1.29, 1.82) is 5.26 Å². The van der Waals surface area contributed by atoms with Crippen LogP contribution in [0, 0.1) is 11.3 Å². The van der Waals surface area contributed by atoms with E-state index in [1.807, 2.05) is 0 Å². The van der Waals surface area contributed by atoms with Crippen LogP contribution in [0.2, 0.25) is 10.0 Å². The van der Waals surface area contributed by atoms with E-state index in [0.29, 0.717) is 27.7 Å². The average molecular weight is 404 g/mol. The van der Waals surface area contributed by atoms with E-state index in [4.69, 9.17) is 33.2 Å². The highest BCUT2D eigenvalue weighted by atomic mass is 35.5. The lowest BCUT2D eigenvalue weighted by Crippen LogP contribution is -2.30. The summed E-state index contributed by atoms with van der Waals surface area (Å²) in [6.07, 6.45) is 0.745. The van der Waals surface area contributed by atoms with Crippen LogP contribution in [0.4, 0.5) is 0 Å². The van der Waals surface area contributed by atoms with Gasteiger partial charge in [-0.2, -0.15) is 5.26 Å². The smallest absolute Gasteiger partial charge is 0.261 e. The molecular formula is C19H15Cl2N3O3. The first-order valence-corrected chi connectivity index (χ1v) is 8.84. The Kier molecular flexibility index (Phi) is 5.97. The molecule has 0 saturated heterocycles. The van der Waals surface area contributed by atoms with Gasteiger partial charge in [-0.25, -0.2) is 4.98 Å². The third kappa shape index (κ3) is 4.58. The van der Waals surface area contributed by atoms with Crippen LogP contribution in [0.3, 0.4) is 0 Å². The molecule has 0 fully saturated rings. The van der Waals surface area contributed by atoms with Gasteiger partial charge in [0.05, 0.1) is 41.3 Å². The zero-order chi connectivity index (χ0) is 19.4. The number of benzene rings is 2. The molecule has 0 saturated carbocycles. The lowest BCUT2D eigenvalue weighted by molar-refractivity contribution is 0.0915. The third-order valence-electron chi connectivity index (χ3n) is 3.90. The van der Waals surface area contributed by atoms with Crippen molar-refractivity contribution >= 4 is 34.1 Å². The van der Waals surface area contributed by atoms with Crippen molar-refractivity contribution in [1.82, 2.24) is 9.55 Å². The minimum Gasteiger partial charge on any atom is -0.491 e. The van der Waals surface area contributed by atoms with Gasteiger partial charge in [-0.3, -0.25) is 9.36 Å². The van der Waals surface area contributed by atoms with Crippen molar-refractivity contribution in [3.8, 4) is 11.8 Å². The molecule has 27 heavy (non-hydrogen) atoms. The summed E-state index contributed by atoms with van der Waals surface area (Å²) in [4.78, 5) is 16.7. The molecule has 0 aliphatic rings. The Balaban J connectivity index is 1.69. The summed E-state index contributed by atoms with van der Waals surface area (Å²) in [5, 5.41) is 19.8. The third-order valence-corrected chi connectivity index (χ3v) is 4.41. The van der Waals surface area contributed by atoms with Crippen molar-refractivity contribution in [3.05, 3.63) is 68.7 Å². The predicted molar refractivity (Wildman–Crippen MR) is 103 cm³/mol. The molecule has 1 N–H and O–H groups in total. The number of nitrogens with zero attached hydrogens (tertiary/aromatic N) is 3. The number of rotatable bonds is 6. The van der Waals surface area contributed by atoms with Gasteiger partial charge in [0, 0.05) is 5.02 Å². The van der Waals surface area contributed by atoms with Gasteiger partial charge in [0.15, 0.2) is 0 Å². The summed E-state index contributed by atoms with van der Waals surface area (Å²) in [5.74, 6) is 0.568. The monoisotopic (exact) mass is 403 g/mol. The Labute approximate surface area is 165 Å². The largest absolute Gasteiger partial charge is 0.491 e. The van der Waals surface area contributed by atoms with Crippen molar-refractivity contribution < 1.29 is 9.84 Å². The van der Waals surface area contributed by atoms with Crippen LogP contribution in [-0.4, -0.2) is 27.4 Å². The summed E-state index contributed by atoms with van der Waals surface area (Å²) >= 11 is 12.0. The van der Waals surface area contributed by atoms with Gasteiger partial charge in [0.2, 0.25) is 0 Å². The van der Waals surface area contributed by atoms with Gasteiger partial charge in [-0.05, 0) is 29.8 Å². The van der Waals surface area contributed by atoms with Gasteiger partial charge in [0.25, 0.3) is 5.56 Å². The molecule has 0 aliphatic carbocycles. The van der Waals surface area contributed by atoms with Crippen LogP contribution in [0.5, 0.6) is 5.75 Å². The fourth-order valence-corrected chi connectivity index (χ4v) is 3.13. The summed E-state index contributed by atoms with van der Waals surface area (Å²) < 4.78 is 6.82. The Morgan fingerprint density at radius 3 is 2.70 bits per heavy atom. The molecule has 1 atom stereocenters. The van der Waals surface area contributed by atoms with Gasteiger partial charge in [0.1, 0.15) is 18.5 Å². The number of aromatic nitrogens is 2. The first kappa shape index (κ1) is 19.2. The lowest BCUT2D eigenvalue weighted by Gasteiger charge is -2.14. The van der Waals surface area contributed by atoms with Crippen molar-refractivity contribution in [2.75, 3.05) is 6.61 Å². The molecule has 0 aliphatic heterocycles. The molecule has 0 amide bonds. The number of hydrogen-bond donors (Lipinski definition) is 1. The summed E-state index contributed by atoms with van der Waals surface area (Å²) in [6, 6.07) is 12.1. The number of hydrogen-bond acceptors (Lipinski definition) is 5. The maximum atomic E-state index is 12.6. The van der Waals surface area contributed by atoms with E-state index in [1.54, 1.807) is 24.3 Å². The zero-order valence-electron chi connectivity index (χ0n) is 14.1. The molecule has 0 bridgehead atoms. The normalized spacial score (nSPS) is 11.9. The minimum atomic E-state index is -0.921. The standard InChI is InChI=1S/C19H15Cl2N3O3/c20-13-7-16-18(17(21)8-13)23-11-24(19(16)26)9-14(25)10-27-15-3-1-12(2-4-15)5-6-22/h1-4,7-8,11,14,25H,5,9-10H2. The minimum absolute atomic E-state index is 0.00161. The second kappa shape index (κ2) is 8.40. The Morgan fingerprint density at radius 2 is 2.00 bits per heavy atom. The van der Waals surface area contributed by atoms with Crippen LogP contribution >= 0.6 is 23.2 Å². The topological polar surface area (TPSA) is 88.1 Å². The van der Waals surface area contributed by atoms with E-state index in [-0.39, 0.29) is 24.1 Å². The summed E-state index contributed by atoms with van der Waals surface area (Å²) in [7, 11) is 0. The predicted octanol–water partition coefficient (Wildman–Crippen LogP) is 3.21. The zero-order valence-corrected chi connectivity index (χ0v) is 15.6. The van der Waals surface area contributed by atoms with E-state index >= 15 is 0 Å². The van der Waals surface area contributed by atoms with Crippen LogP contribution in [0.25, 0.3) is 10.9 Å². The van der Waals surface area contributed by atoms with Crippen LogP contribution in [0.1, 0.15) is 5.56 Å². The number of fused-ring (bicyclic) bond motifs is 1. The molecule has 2 aromatic carbocycles. The van der Waals surface area contributed by atoms with E-state index in [9.17, 15) is 9.90 Å². The Hall–Kier alpha value is -2.59. The first-order valence-electron chi connectivity index (χ1n) is 8.09. The number of nitriles is 1. The molecule has 138 valence electrons. The van der Waals surface area contributed by atoms with E-state index in [2.05, 4.69) is 11.1 Å². The Morgan fingerprint density at radius 1 is 1.26 bits per heavy atom. The number of aliphatic hydroxyl groups excluding tert-OH is 1. The number of ether oxygens (including phenoxy) is 1. The molecule has 1 unspecified atom stereocenters. The second-order valence-corrected chi connectivity index (χ2v) is 6.77. The fourth-order valence-electron chi connectivity index (χ4n) is 2.59. The van der Waals surface area contributed by atoms with Crippen LogP contribution < -0.4 is 10.3 Å². The highest BCUT2D eigenvalue weighted by molar-refractivity contribution is 6.38. The van der Waals surface area contributed by atoms with Crippen molar-refractivity contribution in [3.63, 3.8) is 0 Å². The summed E-state index contributed by atoms with van der Waals surface area (Å²) in [5.41, 5.74) is 0.909. The number of aliphatic hydroxyl groups is 1. The quantitative estimate of drug-likeness (QED) is 0.682. The summed E-state index contributed by atoms with van der Waals surface area (Å²) in [6.45, 7) is 0.0107. The molecule has 3 rings (SSSR count). The van der Waals surface area contributed by atoms with Crippen LogP contribution in [0.15, 0.2) is 47.5 Å². The van der Waals surface area contributed by atoms with Crippen LogP contribution in [-0.2, 0) is 13.0 Å². The van der Waals surface area contributed by atoms with E-state index in [1.165, 1.54) is 23.0 Å². The highest BCUT2D eigenvalue weighted by Crippen LogP contribution is 2.24. The average Bonchev–Trinajstić information content (AvgIpc) is 2.64. The molecule has 3 aromatic rings. The molecule has 1 aromatic heterocycles. The molecule has 0 radical (unpaired) electrons.